The van der Waals surface area contributed by atoms with Crippen LogP contribution in [-0.4, -0.2) is 0 Å². The Morgan fingerprint density at radius 2 is 0.843 bits per heavy atom. The molecular weight excluding hydrogens is 622 g/mol. The Morgan fingerprint density at radius 1 is 0.373 bits per heavy atom. The maximum absolute atomic E-state index is 14.4. The first-order valence-electron chi connectivity index (χ1n) is 17.6. The first-order valence-corrected chi connectivity index (χ1v) is 17.6. The van der Waals surface area contributed by atoms with Gasteiger partial charge in [0.25, 0.3) is 0 Å². The van der Waals surface area contributed by atoms with Crippen molar-refractivity contribution in [2.45, 2.75) is 5.41 Å². The smallest absolute Gasteiger partial charge is 0.123 e. The number of halogens is 1. The molecular formula is C49H30FN. The van der Waals surface area contributed by atoms with Crippen molar-refractivity contribution in [3.63, 3.8) is 0 Å². The third kappa shape index (κ3) is 3.69. The summed E-state index contributed by atoms with van der Waals surface area (Å²) >= 11 is 0. The van der Waals surface area contributed by atoms with Crippen LogP contribution in [0.25, 0.3) is 54.6 Å². The molecule has 11 rings (SSSR count). The van der Waals surface area contributed by atoms with Gasteiger partial charge in [0.15, 0.2) is 0 Å². The predicted octanol–water partition coefficient (Wildman–Crippen LogP) is 13.1. The molecule has 2 aliphatic carbocycles. The number of anilines is 3. The van der Waals surface area contributed by atoms with Gasteiger partial charge in [-0.15, -0.1) is 0 Å². The summed E-state index contributed by atoms with van der Waals surface area (Å²) in [6.07, 6.45) is 0. The summed E-state index contributed by atoms with van der Waals surface area (Å²) in [5, 5.41) is 7.40. The lowest BCUT2D eigenvalue weighted by Crippen LogP contribution is -2.26. The van der Waals surface area contributed by atoms with E-state index in [0.29, 0.717) is 0 Å². The molecule has 0 unspecified atom stereocenters. The molecule has 51 heavy (non-hydrogen) atoms. The Hall–Kier alpha value is -6.51. The van der Waals surface area contributed by atoms with E-state index in [0.717, 1.165) is 22.4 Å². The summed E-state index contributed by atoms with van der Waals surface area (Å²) in [4.78, 5) is 2.28. The SMILES string of the molecule is Fc1ccc(N(c2ccccc2)c2cc3c(c4ccccc24)C2(c4ccccc4-c4ccccc42)c2c-3c3ccccc3c3ccccc23)cc1. The van der Waals surface area contributed by atoms with Gasteiger partial charge < -0.3 is 4.90 Å². The van der Waals surface area contributed by atoms with Crippen LogP contribution in [-0.2, 0) is 5.41 Å². The lowest BCUT2D eigenvalue weighted by molar-refractivity contribution is 0.628. The Labute approximate surface area is 295 Å². The van der Waals surface area contributed by atoms with Gasteiger partial charge in [-0.05, 0) is 114 Å². The van der Waals surface area contributed by atoms with Crippen molar-refractivity contribution >= 4 is 49.4 Å². The van der Waals surface area contributed by atoms with E-state index in [1.165, 1.54) is 71.4 Å². The highest BCUT2D eigenvalue weighted by Crippen LogP contribution is 2.67. The number of hydrogen-bond donors (Lipinski definition) is 0. The summed E-state index contributed by atoms with van der Waals surface area (Å²) in [7, 11) is 0. The number of benzene rings is 9. The lowest BCUT2D eigenvalue weighted by atomic mass is 9.68. The van der Waals surface area contributed by atoms with E-state index in [1.807, 2.05) is 18.2 Å². The molecule has 0 bridgehead atoms. The maximum atomic E-state index is 14.4. The van der Waals surface area contributed by atoms with Crippen molar-refractivity contribution in [1.82, 2.24) is 0 Å². The van der Waals surface area contributed by atoms with E-state index in [1.54, 1.807) is 12.1 Å². The van der Waals surface area contributed by atoms with Crippen LogP contribution in [0.5, 0.6) is 0 Å². The van der Waals surface area contributed by atoms with Gasteiger partial charge >= 0.3 is 0 Å². The molecule has 9 aromatic carbocycles. The molecule has 0 fully saturated rings. The molecule has 0 aliphatic heterocycles. The summed E-state index contributed by atoms with van der Waals surface area (Å²) in [5.41, 5.74) is 12.8. The van der Waals surface area contributed by atoms with Gasteiger partial charge in [0.2, 0.25) is 0 Å². The van der Waals surface area contributed by atoms with Crippen molar-refractivity contribution < 1.29 is 4.39 Å². The Bertz CT molecular complexity index is 2820. The number of fused-ring (bicyclic) bond motifs is 17. The highest BCUT2D eigenvalue weighted by atomic mass is 19.1. The summed E-state index contributed by atoms with van der Waals surface area (Å²) in [6, 6.07) is 64.6. The highest BCUT2D eigenvalue weighted by molar-refractivity contribution is 6.22. The molecule has 0 atom stereocenters. The zero-order valence-corrected chi connectivity index (χ0v) is 27.6. The normalized spacial score (nSPS) is 13.4. The van der Waals surface area contributed by atoms with E-state index in [-0.39, 0.29) is 5.82 Å². The quantitative estimate of drug-likeness (QED) is 0.172. The fourth-order valence-corrected chi connectivity index (χ4v) is 9.45. The highest BCUT2D eigenvalue weighted by Gasteiger charge is 2.54. The van der Waals surface area contributed by atoms with Gasteiger partial charge in [-0.25, -0.2) is 4.39 Å². The van der Waals surface area contributed by atoms with Crippen LogP contribution in [0.4, 0.5) is 21.5 Å². The molecule has 0 radical (unpaired) electrons. The number of nitrogens with zero attached hydrogens (tertiary/aromatic N) is 1. The second kappa shape index (κ2) is 10.5. The maximum Gasteiger partial charge on any atom is 0.123 e. The van der Waals surface area contributed by atoms with Crippen LogP contribution in [0.3, 0.4) is 0 Å². The largest absolute Gasteiger partial charge is 0.310 e. The van der Waals surface area contributed by atoms with Gasteiger partial charge in [0.1, 0.15) is 5.82 Å². The van der Waals surface area contributed by atoms with Gasteiger partial charge in [-0.3, -0.25) is 0 Å². The molecule has 0 saturated heterocycles. The molecule has 1 nitrogen and oxygen atoms in total. The van der Waals surface area contributed by atoms with E-state index >= 15 is 0 Å². The standard InChI is InChI=1S/C49H30FN/c50-31-26-28-33(29-27-31)51(32-14-2-1-3-15-32)45-30-42-46-39-21-7-4-16-34(39)35-17-5-8-22-40(35)48(46)49(47(42)41-23-9-6-20-38(41)45)43-24-12-10-18-36(43)37-19-11-13-25-44(37)49/h1-30H. The minimum Gasteiger partial charge on any atom is -0.310 e. The third-order valence-electron chi connectivity index (χ3n) is 11.3. The predicted molar refractivity (Wildman–Crippen MR) is 210 cm³/mol. The first-order chi connectivity index (χ1) is 25.2. The van der Waals surface area contributed by atoms with Crippen molar-refractivity contribution in [3.8, 4) is 22.3 Å². The van der Waals surface area contributed by atoms with Gasteiger partial charge in [0, 0.05) is 16.8 Å². The van der Waals surface area contributed by atoms with Gasteiger partial charge in [-0.1, -0.05) is 140 Å². The molecule has 9 aromatic rings. The Morgan fingerprint density at radius 3 is 1.49 bits per heavy atom. The Balaban J connectivity index is 1.39. The molecule has 2 aliphatic rings. The van der Waals surface area contributed by atoms with E-state index in [9.17, 15) is 4.39 Å². The zero-order valence-electron chi connectivity index (χ0n) is 27.6. The van der Waals surface area contributed by atoms with Crippen LogP contribution < -0.4 is 4.90 Å². The zero-order chi connectivity index (χ0) is 33.7. The van der Waals surface area contributed by atoms with Crippen LogP contribution in [0.1, 0.15) is 22.3 Å². The van der Waals surface area contributed by atoms with E-state index in [2.05, 4.69) is 157 Å². The van der Waals surface area contributed by atoms with Crippen LogP contribution in [0.2, 0.25) is 0 Å². The van der Waals surface area contributed by atoms with Gasteiger partial charge in [-0.2, -0.15) is 0 Å². The number of rotatable bonds is 3. The molecule has 0 amide bonds. The van der Waals surface area contributed by atoms with E-state index < -0.39 is 5.41 Å². The monoisotopic (exact) mass is 651 g/mol. The van der Waals surface area contributed by atoms with Gasteiger partial charge in [0.05, 0.1) is 11.1 Å². The topological polar surface area (TPSA) is 3.24 Å². The molecule has 238 valence electrons. The molecule has 0 N–H and O–H groups in total. The van der Waals surface area contributed by atoms with E-state index in [4.69, 9.17) is 0 Å². The van der Waals surface area contributed by atoms with Crippen molar-refractivity contribution in [2.75, 3.05) is 4.90 Å². The van der Waals surface area contributed by atoms with Crippen molar-refractivity contribution in [2.24, 2.45) is 0 Å². The average molecular weight is 652 g/mol. The lowest BCUT2D eigenvalue weighted by Gasteiger charge is -2.33. The summed E-state index contributed by atoms with van der Waals surface area (Å²) in [5.74, 6) is -0.252. The van der Waals surface area contributed by atoms with Crippen LogP contribution in [0.15, 0.2) is 182 Å². The second-order valence-electron chi connectivity index (χ2n) is 13.7. The molecule has 2 heteroatoms. The van der Waals surface area contributed by atoms with Crippen molar-refractivity contribution in [3.05, 3.63) is 210 Å². The first kappa shape index (κ1) is 28.3. The summed E-state index contributed by atoms with van der Waals surface area (Å²) in [6.45, 7) is 0. The second-order valence-corrected chi connectivity index (χ2v) is 13.7. The fourth-order valence-electron chi connectivity index (χ4n) is 9.45. The minimum atomic E-state index is -0.549. The number of para-hydroxylation sites is 1. The van der Waals surface area contributed by atoms with Crippen LogP contribution >= 0.6 is 0 Å². The molecule has 0 aromatic heterocycles. The third-order valence-corrected chi connectivity index (χ3v) is 11.3. The molecule has 0 saturated carbocycles. The Kier molecular flexibility index (Phi) is 5.83. The summed E-state index contributed by atoms with van der Waals surface area (Å²) < 4.78 is 14.4. The average Bonchev–Trinajstić information content (AvgIpc) is 3.67. The van der Waals surface area contributed by atoms with Crippen molar-refractivity contribution in [1.29, 1.82) is 0 Å². The fraction of sp³-hybridized carbons (Fsp3) is 0.0204. The minimum absolute atomic E-state index is 0.252. The van der Waals surface area contributed by atoms with Crippen LogP contribution in [0, 0.1) is 5.82 Å². The molecule has 0 heterocycles. The molecule has 1 spiro atoms. The number of hydrogen-bond acceptors (Lipinski definition) is 1.